The highest BCUT2D eigenvalue weighted by Crippen LogP contribution is 2.30. The second-order valence-electron chi connectivity index (χ2n) is 4.29. The van der Waals surface area contributed by atoms with Gasteiger partial charge >= 0.3 is 10.1 Å². The van der Waals surface area contributed by atoms with E-state index in [9.17, 15) is 28.6 Å². The van der Waals surface area contributed by atoms with Gasteiger partial charge < -0.3 is 8.71 Å². The predicted octanol–water partition coefficient (Wildman–Crippen LogP) is 2.44. The fraction of sp³-hybridized carbons (Fsp3) is 0. The van der Waals surface area contributed by atoms with Gasteiger partial charge in [0.1, 0.15) is 11.5 Å². The van der Waals surface area contributed by atoms with Gasteiger partial charge in [-0.3, -0.25) is 20.2 Å². The summed E-state index contributed by atoms with van der Waals surface area (Å²) in [6.45, 7) is 0. The van der Waals surface area contributed by atoms with Crippen molar-refractivity contribution in [3.05, 3.63) is 62.7 Å². The van der Waals surface area contributed by atoms with Crippen LogP contribution in [0.3, 0.4) is 0 Å². The molecule has 0 radical (unpaired) electrons. The van der Waals surface area contributed by atoms with Crippen molar-refractivity contribution in [2.24, 2.45) is 0 Å². The number of nitro benzene ring substituents is 2. The lowest BCUT2D eigenvalue weighted by molar-refractivity contribution is -0.396. The molecule has 0 aliphatic heterocycles. The number of nitro groups is 2. The summed E-state index contributed by atoms with van der Waals surface area (Å²) in [6.07, 6.45) is 0. The highest BCUT2D eigenvalue weighted by Gasteiger charge is 2.30. The van der Waals surface area contributed by atoms with Crippen molar-refractivity contribution >= 4 is 31.0 Å². The molecule has 12 heteroatoms. The topological polar surface area (TPSA) is 139 Å². The number of rotatable bonds is 6. The second-order valence-corrected chi connectivity index (χ2v) is 6.04. The molecule has 2 aromatic carbocycles. The summed E-state index contributed by atoms with van der Waals surface area (Å²) in [5.74, 6) is 0.319. The van der Waals surface area contributed by atoms with Crippen LogP contribution in [0.1, 0.15) is 0 Å². The van der Waals surface area contributed by atoms with Crippen LogP contribution in [0.2, 0.25) is 0 Å². The van der Waals surface area contributed by atoms with Crippen LogP contribution in [-0.2, 0) is 10.1 Å². The Kier molecular flexibility index (Phi) is 4.96. The zero-order valence-electron chi connectivity index (χ0n) is 11.7. The van der Waals surface area contributed by atoms with Crippen molar-refractivity contribution in [2.75, 3.05) is 0 Å². The standard InChI is InChI=1S/C12H9N2O8PS/c15-13(16)8-1-6-12(11(7-8)14(17)18)24(19,20)22-10-4-2-9(21-23)3-5-10/h1-7H,23H2. The minimum atomic E-state index is -4.56. The molecular formula is C12H9N2O8PS. The molecule has 0 spiro atoms. The van der Waals surface area contributed by atoms with Crippen molar-refractivity contribution < 1.29 is 27.0 Å². The van der Waals surface area contributed by atoms with Crippen molar-refractivity contribution in [3.8, 4) is 11.5 Å². The van der Waals surface area contributed by atoms with E-state index in [4.69, 9.17) is 8.71 Å². The third-order valence-electron chi connectivity index (χ3n) is 2.79. The van der Waals surface area contributed by atoms with Gasteiger partial charge in [-0.2, -0.15) is 8.42 Å². The molecule has 0 N–H and O–H groups in total. The lowest BCUT2D eigenvalue weighted by atomic mass is 10.3. The summed E-state index contributed by atoms with van der Waals surface area (Å²) in [7, 11) is -2.55. The van der Waals surface area contributed by atoms with Crippen LogP contribution in [0.25, 0.3) is 0 Å². The van der Waals surface area contributed by atoms with Crippen LogP contribution < -0.4 is 8.71 Å². The van der Waals surface area contributed by atoms with Gasteiger partial charge in [-0.25, -0.2) is 0 Å². The Bertz CT molecular complexity index is 898. The Morgan fingerprint density at radius 2 is 1.50 bits per heavy atom. The molecule has 0 bridgehead atoms. The summed E-state index contributed by atoms with van der Waals surface area (Å²) in [5.41, 5.74) is -1.56. The van der Waals surface area contributed by atoms with Gasteiger partial charge in [-0.1, -0.05) is 0 Å². The van der Waals surface area contributed by atoms with Gasteiger partial charge in [-0.15, -0.1) is 0 Å². The molecule has 0 aromatic heterocycles. The van der Waals surface area contributed by atoms with Crippen molar-refractivity contribution in [2.45, 2.75) is 4.90 Å². The van der Waals surface area contributed by atoms with Crippen molar-refractivity contribution in [1.82, 2.24) is 0 Å². The Hall–Kier alpha value is -2.78. The maximum absolute atomic E-state index is 12.2. The minimum Gasteiger partial charge on any atom is -0.480 e. The summed E-state index contributed by atoms with van der Waals surface area (Å²) in [5, 5.41) is 21.7. The molecule has 0 saturated heterocycles. The number of benzene rings is 2. The number of hydrogen-bond donors (Lipinski definition) is 0. The lowest BCUT2D eigenvalue weighted by Gasteiger charge is -2.08. The van der Waals surface area contributed by atoms with Gasteiger partial charge in [-0.05, 0) is 30.3 Å². The summed E-state index contributed by atoms with van der Waals surface area (Å²) in [4.78, 5) is 19.0. The first-order chi connectivity index (χ1) is 11.2. The molecule has 1 unspecified atom stereocenters. The van der Waals surface area contributed by atoms with Gasteiger partial charge in [0.25, 0.3) is 11.4 Å². The van der Waals surface area contributed by atoms with Gasteiger partial charge in [0.2, 0.25) is 0 Å². The van der Waals surface area contributed by atoms with Crippen LogP contribution in [0.5, 0.6) is 11.5 Å². The van der Waals surface area contributed by atoms with E-state index in [1.165, 1.54) is 24.3 Å². The van der Waals surface area contributed by atoms with Gasteiger partial charge in [0.05, 0.1) is 25.4 Å². The van der Waals surface area contributed by atoms with Gasteiger partial charge in [0, 0.05) is 6.07 Å². The molecule has 1 atom stereocenters. The Morgan fingerprint density at radius 1 is 0.917 bits per heavy atom. The van der Waals surface area contributed by atoms with Gasteiger partial charge in [0.15, 0.2) is 4.90 Å². The highest BCUT2D eigenvalue weighted by atomic mass is 32.2. The monoisotopic (exact) mass is 372 g/mol. The van der Waals surface area contributed by atoms with E-state index in [2.05, 4.69) is 0 Å². The quantitative estimate of drug-likeness (QED) is 0.326. The molecule has 10 nitrogen and oxygen atoms in total. The number of non-ortho nitro benzene ring substituents is 1. The average molecular weight is 372 g/mol. The molecule has 24 heavy (non-hydrogen) atoms. The minimum absolute atomic E-state index is 0.103. The maximum atomic E-state index is 12.2. The third-order valence-corrected chi connectivity index (χ3v) is 4.35. The number of nitrogens with zero attached hydrogens (tertiary/aromatic N) is 2. The molecule has 0 aliphatic carbocycles. The first-order valence-corrected chi connectivity index (χ1v) is 7.96. The third kappa shape index (κ3) is 3.76. The highest BCUT2D eigenvalue weighted by molar-refractivity contribution is 7.87. The second kappa shape index (κ2) is 6.77. The van der Waals surface area contributed by atoms with Crippen LogP contribution in [0.15, 0.2) is 47.4 Å². The molecular weight excluding hydrogens is 363 g/mol. The molecule has 126 valence electrons. The molecule has 2 rings (SSSR count). The summed E-state index contributed by atoms with van der Waals surface area (Å²) < 4.78 is 34.1. The number of hydrogen-bond acceptors (Lipinski definition) is 8. The van der Waals surface area contributed by atoms with E-state index in [0.717, 1.165) is 12.1 Å². The van der Waals surface area contributed by atoms with E-state index in [1.807, 2.05) is 9.47 Å². The Balaban J connectivity index is 2.44. The smallest absolute Gasteiger partial charge is 0.346 e. The van der Waals surface area contributed by atoms with E-state index in [1.54, 1.807) is 0 Å². The van der Waals surface area contributed by atoms with Crippen LogP contribution in [-0.4, -0.2) is 18.3 Å². The molecule has 0 saturated carbocycles. The fourth-order valence-electron chi connectivity index (χ4n) is 1.72. The largest absolute Gasteiger partial charge is 0.480 e. The Morgan fingerprint density at radius 3 is 2.00 bits per heavy atom. The van der Waals surface area contributed by atoms with Crippen molar-refractivity contribution in [1.29, 1.82) is 0 Å². The summed E-state index contributed by atoms with van der Waals surface area (Å²) in [6, 6.07) is 7.56. The first-order valence-electron chi connectivity index (χ1n) is 6.08. The van der Waals surface area contributed by atoms with Crippen LogP contribution in [0, 0.1) is 20.2 Å². The molecule has 2 aromatic rings. The molecule has 0 heterocycles. The summed E-state index contributed by atoms with van der Waals surface area (Å²) >= 11 is 0. The van der Waals surface area contributed by atoms with E-state index < -0.39 is 36.2 Å². The fourth-order valence-corrected chi connectivity index (χ4v) is 2.95. The molecule has 0 fully saturated rings. The normalized spacial score (nSPS) is 10.9. The van der Waals surface area contributed by atoms with E-state index in [-0.39, 0.29) is 5.75 Å². The van der Waals surface area contributed by atoms with E-state index in [0.29, 0.717) is 11.8 Å². The zero-order chi connectivity index (χ0) is 17.9. The lowest BCUT2D eigenvalue weighted by Crippen LogP contribution is -2.12. The predicted molar refractivity (Wildman–Crippen MR) is 84.3 cm³/mol. The van der Waals surface area contributed by atoms with E-state index >= 15 is 0 Å². The first kappa shape index (κ1) is 17.6. The zero-order valence-corrected chi connectivity index (χ0v) is 13.7. The van der Waals surface area contributed by atoms with Crippen LogP contribution in [0.4, 0.5) is 11.4 Å². The maximum Gasteiger partial charge on any atom is 0.346 e. The Labute approximate surface area is 137 Å². The SMILES string of the molecule is O=[N+]([O-])c1ccc(S(=O)(=O)Oc2ccc(OP)cc2)c([N+](=O)[O-])c1. The average Bonchev–Trinajstić information content (AvgIpc) is 2.54. The molecule has 0 aliphatic rings. The van der Waals surface area contributed by atoms with Crippen LogP contribution >= 0.6 is 9.47 Å². The van der Waals surface area contributed by atoms with Crippen molar-refractivity contribution in [3.63, 3.8) is 0 Å². The molecule has 0 amide bonds.